The summed E-state index contributed by atoms with van der Waals surface area (Å²) in [7, 11) is 0. The molecule has 3 N–H and O–H groups in total. The first-order valence-corrected chi connectivity index (χ1v) is 11.2. The predicted octanol–water partition coefficient (Wildman–Crippen LogP) is 3.83. The normalized spacial score (nSPS) is 14.0. The molecule has 4 aromatic rings. The Morgan fingerprint density at radius 1 is 1.03 bits per heavy atom. The van der Waals surface area contributed by atoms with Gasteiger partial charge in [-0.05, 0) is 36.8 Å². The Balaban J connectivity index is 1.59. The lowest BCUT2D eigenvalue weighted by molar-refractivity contribution is 0.231. The van der Waals surface area contributed by atoms with E-state index in [2.05, 4.69) is 42.6 Å². The number of aryl methyl sites for hydroxylation is 1. The number of pyridine rings is 2. The number of piperazine rings is 1. The second-order valence-electron chi connectivity index (χ2n) is 8.38. The molecule has 8 heteroatoms. The lowest BCUT2D eigenvalue weighted by Crippen LogP contribution is -2.43. The highest BCUT2D eigenvalue weighted by atomic mass is 15.2. The molecule has 1 aliphatic rings. The third-order valence-corrected chi connectivity index (χ3v) is 6.30. The molecule has 168 valence electrons. The lowest BCUT2D eigenvalue weighted by Gasteiger charge is -2.27. The van der Waals surface area contributed by atoms with Gasteiger partial charge in [-0.2, -0.15) is 10.5 Å². The Kier molecular flexibility index (Phi) is 5.92. The quantitative estimate of drug-likeness (QED) is 0.425. The van der Waals surface area contributed by atoms with E-state index in [0.29, 0.717) is 28.9 Å². The molecule has 8 nitrogen and oxygen atoms in total. The van der Waals surface area contributed by atoms with Gasteiger partial charge in [0.2, 0.25) is 0 Å². The van der Waals surface area contributed by atoms with Crippen LogP contribution in [0.25, 0.3) is 22.0 Å². The second kappa shape index (κ2) is 9.32. The first-order chi connectivity index (χ1) is 16.7. The molecule has 1 saturated heterocycles. The van der Waals surface area contributed by atoms with Crippen molar-refractivity contribution in [3.05, 3.63) is 71.4 Å². The van der Waals surface area contributed by atoms with Crippen LogP contribution in [0, 0.1) is 29.6 Å². The fourth-order valence-electron chi connectivity index (χ4n) is 4.43. The van der Waals surface area contributed by atoms with Gasteiger partial charge in [-0.25, -0.2) is 0 Å². The predicted molar refractivity (Wildman–Crippen MR) is 131 cm³/mol. The van der Waals surface area contributed by atoms with Crippen molar-refractivity contribution in [1.29, 1.82) is 10.5 Å². The SMILES string of the molecule is Cc1c(Nc2c(C#N)cncc2-c2cc(CN3CCNCC3)ncc2C#N)ccc2[nH]ccc12. The molecule has 0 unspecified atom stereocenters. The van der Waals surface area contributed by atoms with E-state index in [4.69, 9.17) is 0 Å². The van der Waals surface area contributed by atoms with Gasteiger partial charge in [0.1, 0.15) is 12.1 Å². The van der Waals surface area contributed by atoms with Gasteiger partial charge in [-0.3, -0.25) is 14.9 Å². The number of aromatic amines is 1. The van der Waals surface area contributed by atoms with Crippen LogP contribution in [-0.2, 0) is 6.54 Å². The highest BCUT2D eigenvalue weighted by Crippen LogP contribution is 2.36. The number of H-pyrrole nitrogens is 1. The number of nitrogens with zero attached hydrogens (tertiary/aromatic N) is 5. The van der Waals surface area contributed by atoms with Crippen molar-refractivity contribution in [2.45, 2.75) is 13.5 Å². The van der Waals surface area contributed by atoms with E-state index in [1.807, 2.05) is 37.4 Å². The number of nitriles is 2. The van der Waals surface area contributed by atoms with Crippen molar-refractivity contribution in [2.75, 3.05) is 31.5 Å². The van der Waals surface area contributed by atoms with Crippen LogP contribution in [0.4, 0.5) is 11.4 Å². The molecule has 0 aliphatic carbocycles. The number of anilines is 2. The number of hydrogen-bond donors (Lipinski definition) is 3. The van der Waals surface area contributed by atoms with Crippen LogP contribution in [0.1, 0.15) is 22.4 Å². The molecule has 0 amide bonds. The number of nitrogens with one attached hydrogen (secondary N) is 3. The molecule has 0 saturated carbocycles. The zero-order valence-electron chi connectivity index (χ0n) is 18.9. The molecule has 0 spiro atoms. The minimum atomic E-state index is 0.412. The third kappa shape index (κ3) is 4.08. The summed E-state index contributed by atoms with van der Waals surface area (Å²) >= 11 is 0. The monoisotopic (exact) mass is 448 g/mol. The van der Waals surface area contributed by atoms with Crippen LogP contribution in [0.15, 0.2) is 49.1 Å². The van der Waals surface area contributed by atoms with Crippen molar-refractivity contribution in [2.24, 2.45) is 0 Å². The second-order valence-corrected chi connectivity index (χ2v) is 8.38. The molecule has 5 rings (SSSR count). The van der Waals surface area contributed by atoms with E-state index >= 15 is 0 Å². The maximum Gasteiger partial charge on any atom is 0.103 e. The zero-order chi connectivity index (χ0) is 23.5. The maximum absolute atomic E-state index is 9.85. The fraction of sp³-hybridized carbons (Fsp3) is 0.231. The van der Waals surface area contributed by atoms with Crippen molar-refractivity contribution in [1.82, 2.24) is 25.2 Å². The van der Waals surface area contributed by atoms with E-state index < -0.39 is 0 Å². The number of hydrogen-bond acceptors (Lipinski definition) is 7. The van der Waals surface area contributed by atoms with Gasteiger partial charge >= 0.3 is 0 Å². The van der Waals surface area contributed by atoms with Gasteiger partial charge in [-0.1, -0.05) is 0 Å². The van der Waals surface area contributed by atoms with Gasteiger partial charge in [0.15, 0.2) is 0 Å². The molecular weight excluding hydrogens is 424 g/mol. The van der Waals surface area contributed by atoms with Gasteiger partial charge in [0.05, 0.1) is 22.5 Å². The average molecular weight is 449 g/mol. The highest BCUT2D eigenvalue weighted by molar-refractivity contribution is 5.92. The summed E-state index contributed by atoms with van der Waals surface area (Å²) < 4.78 is 0. The van der Waals surface area contributed by atoms with Gasteiger partial charge in [-0.15, -0.1) is 0 Å². The molecule has 1 aromatic carbocycles. The molecule has 0 bridgehead atoms. The number of fused-ring (bicyclic) bond motifs is 1. The molecule has 0 atom stereocenters. The van der Waals surface area contributed by atoms with Crippen molar-refractivity contribution in [3.63, 3.8) is 0 Å². The summed E-state index contributed by atoms with van der Waals surface area (Å²) in [5, 5.41) is 27.6. The minimum Gasteiger partial charge on any atom is -0.361 e. The standard InChI is InChI=1S/C26H24N8/c1-17-21-4-5-31-25(21)3-2-24(17)33-26-19(12-28)13-30-15-23(26)22-10-20(32-14-18(22)11-27)16-34-8-6-29-7-9-34/h2-5,10,13-15,29,31H,6-9,16H2,1H3,(H,30,33). The Morgan fingerprint density at radius 2 is 1.85 bits per heavy atom. The lowest BCUT2D eigenvalue weighted by atomic mass is 9.98. The average Bonchev–Trinajstić information content (AvgIpc) is 3.36. The topological polar surface area (TPSA) is 116 Å². The van der Waals surface area contributed by atoms with Gasteiger partial charge in [0, 0.05) is 85.2 Å². The fourth-order valence-corrected chi connectivity index (χ4v) is 4.43. The maximum atomic E-state index is 9.85. The van der Waals surface area contributed by atoms with Crippen LogP contribution in [-0.4, -0.2) is 46.0 Å². The van der Waals surface area contributed by atoms with E-state index in [9.17, 15) is 10.5 Å². The Labute approximate surface area is 197 Å². The van der Waals surface area contributed by atoms with Crippen molar-refractivity contribution < 1.29 is 0 Å². The minimum absolute atomic E-state index is 0.412. The molecule has 1 fully saturated rings. The Morgan fingerprint density at radius 3 is 2.65 bits per heavy atom. The van der Waals surface area contributed by atoms with Crippen LogP contribution in [0.5, 0.6) is 0 Å². The largest absolute Gasteiger partial charge is 0.361 e. The summed E-state index contributed by atoms with van der Waals surface area (Å²) in [4.78, 5) is 14.4. The van der Waals surface area contributed by atoms with E-state index in [0.717, 1.165) is 59.6 Å². The molecule has 1 aliphatic heterocycles. The van der Waals surface area contributed by atoms with E-state index in [1.54, 1.807) is 18.6 Å². The molecule has 34 heavy (non-hydrogen) atoms. The van der Waals surface area contributed by atoms with Crippen molar-refractivity contribution >= 4 is 22.3 Å². The van der Waals surface area contributed by atoms with Crippen molar-refractivity contribution in [3.8, 4) is 23.3 Å². The summed E-state index contributed by atoms with van der Waals surface area (Å²) in [6, 6.07) is 12.5. The first kappa shape index (κ1) is 21.6. The summed E-state index contributed by atoms with van der Waals surface area (Å²) in [5.41, 5.74) is 6.81. The van der Waals surface area contributed by atoms with Crippen LogP contribution in [0.3, 0.4) is 0 Å². The smallest absolute Gasteiger partial charge is 0.103 e. The summed E-state index contributed by atoms with van der Waals surface area (Å²) in [6.07, 6.45) is 6.78. The molecular formula is C26H24N8. The van der Waals surface area contributed by atoms with Crippen LogP contribution in [0.2, 0.25) is 0 Å². The molecule has 3 aromatic heterocycles. The Hall–Kier alpha value is -4.24. The van der Waals surface area contributed by atoms with Gasteiger partial charge < -0.3 is 15.6 Å². The molecule has 0 radical (unpaired) electrons. The van der Waals surface area contributed by atoms with Crippen LogP contribution < -0.4 is 10.6 Å². The number of aromatic nitrogens is 3. The summed E-state index contributed by atoms with van der Waals surface area (Å²) in [5.74, 6) is 0. The third-order valence-electron chi connectivity index (χ3n) is 6.30. The van der Waals surface area contributed by atoms with Crippen LogP contribution >= 0.6 is 0 Å². The Bertz CT molecular complexity index is 1430. The molecule has 4 heterocycles. The van der Waals surface area contributed by atoms with Gasteiger partial charge in [0.25, 0.3) is 0 Å². The first-order valence-electron chi connectivity index (χ1n) is 11.2. The number of rotatable bonds is 5. The zero-order valence-corrected chi connectivity index (χ0v) is 18.9. The highest BCUT2D eigenvalue weighted by Gasteiger charge is 2.18. The summed E-state index contributed by atoms with van der Waals surface area (Å²) in [6.45, 7) is 6.57. The van der Waals surface area contributed by atoms with E-state index in [1.165, 1.54) is 0 Å². The van der Waals surface area contributed by atoms with E-state index in [-0.39, 0.29) is 0 Å². The number of benzene rings is 1.